The lowest BCUT2D eigenvalue weighted by atomic mass is 10.5. The van der Waals surface area contributed by atoms with Crippen LogP contribution >= 0.6 is 11.6 Å². The number of hydrogen-bond donors (Lipinski definition) is 0. The maximum Gasteiger partial charge on any atom is 0.323 e. The molecule has 0 aliphatic rings. The third-order valence-electron chi connectivity index (χ3n) is 1.77. The maximum absolute atomic E-state index is 5.74. The van der Waals surface area contributed by atoms with Gasteiger partial charge in [0, 0.05) is 6.54 Å². The molecule has 0 saturated carbocycles. The zero-order valence-electron chi connectivity index (χ0n) is 10.3. The topological polar surface area (TPSA) is 60.4 Å². The molecule has 0 aliphatic heterocycles. The predicted molar refractivity (Wildman–Crippen MR) is 64.7 cm³/mol. The summed E-state index contributed by atoms with van der Waals surface area (Å²) in [6.45, 7) is 3.80. The second kappa shape index (κ2) is 7.24. The quantitative estimate of drug-likeness (QED) is 0.736. The van der Waals surface area contributed by atoms with Crippen molar-refractivity contribution in [1.82, 2.24) is 19.9 Å². The number of hydrogen-bond acceptors (Lipinski definition) is 6. The summed E-state index contributed by atoms with van der Waals surface area (Å²) in [4.78, 5) is 13.7. The number of likely N-dealkylation sites (N-methyl/N-ethyl adjacent to an activating group) is 1. The number of rotatable bonds is 7. The zero-order chi connectivity index (χ0) is 12.7. The molecule has 0 radical (unpaired) electrons. The van der Waals surface area contributed by atoms with Crippen molar-refractivity contribution < 1.29 is 9.47 Å². The summed E-state index contributed by atoms with van der Waals surface area (Å²) in [5.74, 6) is 0. The van der Waals surface area contributed by atoms with Crippen molar-refractivity contribution in [2.24, 2.45) is 0 Å². The van der Waals surface area contributed by atoms with Gasteiger partial charge in [-0.15, -0.1) is 4.98 Å². The molecule has 1 aromatic heterocycles. The Morgan fingerprint density at radius 3 is 2.18 bits per heavy atom. The van der Waals surface area contributed by atoms with Crippen LogP contribution in [0, 0.1) is 0 Å². The largest absolute Gasteiger partial charge is 0.463 e. The smallest absolute Gasteiger partial charge is 0.323 e. The van der Waals surface area contributed by atoms with Crippen LogP contribution in [-0.4, -0.2) is 53.7 Å². The maximum atomic E-state index is 5.74. The number of aromatic nitrogens is 3. The van der Waals surface area contributed by atoms with Gasteiger partial charge in [0.25, 0.3) is 0 Å². The van der Waals surface area contributed by atoms with E-state index in [0.717, 1.165) is 13.0 Å². The van der Waals surface area contributed by atoms with Crippen molar-refractivity contribution in [3.05, 3.63) is 5.28 Å². The van der Waals surface area contributed by atoms with Crippen molar-refractivity contribution in [2.75, 3.05) is 33.9 Å². The van der Waals surface area contributed by atoms with Crippen molar-refractivity contribution >= 4 is 11.6 Å². The number of halogens is 1. The summed E-state index contributed by atoms with van der Waals surface area (Å²) in [6.07, 6.45) is 0.875. The van der Waals surface area contributed by atoms with E-state index in [1.807, 2.05) is 25.9 Å². The van der Waals surface area contributed by atoms with E-state index < -0.39 is 0 Å². The highest BCUT2D eigenvalue weighted by Gasteiger charge is 2.07. The first-order valence-corrected chi connectivity index (χ1v) is 5.81. The molecule has 0 spiro atoms. The van der Waals surface area contributed by atoms with Gasteiger partial charge < -0.3 is 14.4 Å². The van der Waals surface area contributed by atoms with E-state index in [1.165, 1.54) is 0 Å². The van der Waals surface area contributed by atoms with E-state index in [1.54, 1.807) is 0 Å². The molecule has 0 atom stereocenters. The minimum absolute atomic E-state index is 0.0750. The molecule has 0 N–H and O–H groups in total. The van der Waals surface area contributed by atoms with Crippen LogP contribution in [0.4, 0.5) is 0 Å². The molecular weight excluding hydrogens is 244 g/mol. The van der Waals surface area contributed by atoms with Crippen molar-refractivity contribution in [3.63, 3.8) is 0 Å². The molecule has 0 unspecified atom stereocenters. The molecule has 1 rings (SSSR count). The predicted octanol–water partition coefficient (Wildman–Crippen LogP) is 1.25. The first kappa shape index (κ1) is 13.9. The third-order valence-corrected chi connectivity index (χ3v) is 1.94. The summed E-state index contributed by atoms with van der Waals surface area (Å²) in [6, 6.07) is 0.393. The lowest BCUT2D eigenvalue weighted by Crippen LogP contribution is -2.20. The fourth-order valence-electron chi connectivity index (χ4n) is 0.957. The Bertz CT molecular complexity index is 349. The van der Waals surface area contributed by atoms with Crippen LogP contribution in [0.25, 0.3) is 0 Å². The summed E-state index contributed by atoms with van der Waals surface area (Å²) >= 11 is 5.74. The van der Waals surface area contributed by atoms with E-state index in [4.69, 9.17) is 21.1 Å². The first-order valence-electron chi connectivity index (χ1n) is 5.43. The second-order valence-electron chi connectivity index (χ2n) is 3.67. The average molecular weight is 261 g/mol. The monoisotopic (exact) mass is 260 g/mol. The van der Waals surface area contributed by atoms with Crippen LogP contribution in [0.2, 0.25) is 5.28 Å². The lowest BCUT2D eigenvalue weighted by Gasteiger charge is -2.10. The van der Waals surface area contributed by atoms with Gasteiger partial charge in [-0.2, -0.15) is 9.97 Å². The van der Waals surface area contributed by atoms with Crippen LogP contribution in [0.5, 0.6) is 12.0 Å². The summed E-state index contributed by atoms with van der Waals surface area (Å²) < 4.78 is 10.6. The molecule has 17 heavy (non-hydrogen) atoms. The normalized spacial score (nSPS) is 10.6. The Labute approximate surface area is 106 Å². The third kappa shape index (κ3) is 5.65. The van der Waals surface area contributed by atoms with Crippen molar-refractivity contribution in [2.45, 2.75) is 13.3 Å². The van der Waals surface area contributed by atoms with Gasteiger partial charge in [-0.25, -0.2) is 0 Å². The van der Waals surface area contributed by atoms with Gasteiger partial charge in [0.2, 0.25) is 5.28 Å². The van der Waals surface area contributed by atoms with Gasteiger partial charge in [-0.05, 0) is 32.1 Å². The number of nitrogens with zero attached hydrogens (tertiary/aromatic N) is 4. The molecular formula is C10H17ClN4O2. The molecule has 7 heteroatoms. The summed E-state index contributed by atoms with van der Waals surface area (Å²) in [5, 5.41) is 0.0750. The van der Waals surface area contributed by atoms with Crippen molar-refractivity contribution in [3.8, 4) is 12.0 Å². The molecule has 0 aliphatic carbocycles. The van der Waals surface area contributed by atoms with Crippen LogP contribution in [0.3, 0.4) is 0 Å². The Kier molecular flexibility index (Phi) is 5.93. The molecule has 96 valence electrons. The SMILES string of the molecule is CCCOc1nc(Cl)nc(OCCN(C)C)n1. The highest BCUT2D eigenvalue weighted by atomic mass is 35.5. The van der Waals surface area contributed by atoms with Gasteiger partial charge in [0.15, 0.2) is 0 Å². The Morgan fingerprint density at radius 2 is 1.65 bits per heavy atom. The van der Waals surface area contributed by atoms with Crippen LogP contribution in [0.1, 0.15) is 13.3 Å². The Morgan fingerprint density at radius 1 is 1.06 bits per heavy atom. The zero-order valence-corrected chi connectivity index (χ0v) is 11.1. The molecule has 1 heterocycles. The molecule has 0 saturated heterocycles. The summed E-state index contributed by atoms with van der Waals surface area (Å²) in [5.41, 5.74) is 0. The van der Waals surface area contributed by atoms with Crippen LogP contribution in [0.15, 0.2) is 0 Å². The highest BCUT2D eigenvalue weighted by molar-refractivity contribution is 6.28. The van der Waals surface area contributed by atoms with Crippen molar-refractivity contribution in [1.29, 1.82) is 0 Å². The number of ether oxygens (including phenoxy) is 2. The Balaban J connectivity index is 2.55. The summed E-state index contributed by atoms with van der Waals surface area (Å²) in [7, 11) is 3.92. The molecule has 0 fully saturated rings. The van der Waals surface area contributed by atoms with Crippen LogP contribution in [-0.2, 0) is 0 Å². The molecule has 0 bridgehead atoms. The minimum atomic E-state index is 0.0750. The minimum Gasteiger partial charge on any atom is -0.463 e. The molecule has 0 amide bonds. The van der Waals surface area contributed by atoms with E-state index in [9.17, 15) is 0 Å². The van der Waals surface area contributed by atoms with Crippen LogP contribution < -0.4 is 9.47 Å². The van der Waals surface area contributed by atoms with E-state index in [2.05, 4.69) is 15.0 Å². The van der Waals surface area contributed by atoms with E-state index >= 15 is 0 Å². The van der Waals surface area contributed by atoms with Gasteiger partial charge in [0.05, 0.1) is 6.61 Å². The highest BCUT2D eigenvalue weighted by Crippen LogP contribution is 2.13. The average Bonchev–Trinajstić information content (AvgIpc) is 2.25. The first-order chi connectivity index (χ1) is 8.11. The molecule has 6 nitrogen and oxygen atoms in total. The lowest BCUT2D eigenvalue weighted by molar-refractivity contribution is 0.234. The van der Waals surface area contributed by atoms with E-state index in [-0.39, 0.29) is 17.3 Å². The fraction of sp³-hybridized carbons (Fsp3) is 0.700. The van der Waals surface area contributed by atoms with Gasteiger partial charge in [-0.3, -0.25) is 0 Å². The second-order valence-corrected chi connectivity index (χ2v) is 4.01. The van der Waals surface area contributed by atoms with Gasteiger partial charge in [0.1, 0.15) is 6.61 Å². The van der Waals surface area contributed by atoms with Gasteiger partial charge in [-0.1, -0.05) is 6.92 Å². The molecule has 1 aromatic rings. The van der Waals surface area contributed by atoms with Gasteiger partial charge >= 0.3 is 12.0 Å². The molecule has 0 aromatic carbocycles. The fourth-order valence-corrected chi connectivity index (χ4v) is 1.10. The standard InChI is InChI=1S/C10H17ClN4O2/c1-4-6-16-9-12-8(11)13-10(14-9)17-7-5-15(2)3/h4-7H2,1-3H3. The Hall–Kier alpha value is -1.14. The van der Waals surface area contributed by atoms with E-state index in [0.29, 0.717) is 13.2 Å².